The van der Waals surface area contributed by atoms with Gasteiger partial charge in [-0.15, -0.1) is 0 Å². The summed E-state index contributed by atoms with van der Waals surface area (Å²) in [5.41, 5.74) is 3.67. The minimum atomic E-state index is 0.124. The van der Waals surface area contributed by atoms with E-state index in [2.05, 4.69) is 29.1 Å². The Morgan fingerprint density at radius 1 is 1.26 bits per heavy atom. The molecule has 0 spiro atoms. The molecule has 2 heterocycles. The van der Waals surface area contributed by atoms with E-state index < -0.39 is 0 Å². The lowest BCUT2D eigenvalue weighted by Crippen LogP contribution is -2.49. The van der Waals surface area contributed by atoms with Crippen molar-refractivity contribution in [1.82, 2.24) is 19.6 Å². The van der Waals surface area contributed by atoms with Crippen LogP contribution in [0, 0.1) is 6.92 Å². The second-order valence-corrected chi connectivity index (χ2v) is 6.25. The molecule has 1 amide bonds. The summed E-state index contributed by atoms with van der Waals surface area (Å²) < 4.78 is 1.91. The Hall–Kier alpha value is -2.14. The van der Waals surface area contributed by atoms with E-state index in [1.54, 1.807) is 6.92 Å². The second kappa shape index (κ2) is 6.54. The topological polar surface area (TPSA) is 41.4 Å². The average molecular weight is 312 g/mol. The van der Waals surface area contributed by atoms with Gasteiger partial charge in [-0.2, -0.15) is 5.10 Å². The molecule has 0 radical (unpaired) electrons. The summed E-state index contributed by atoms with van der Waals surface area (Å²) in [6.45, 7) is 7.18. The Kier molecular flexibility index (Phi) is 4.48. The molecule has 1 saturated heterocycles. The summed E-state index contributed by atoms with van der Waals surface area (Å²) in [6, 6.07) is 10.4. The maximum absolute atomic E-state index is 12.0. The van der Waals surface area contributed by atoms with Crippen LogP contribution in [0.1, 0.15) is 29.8 Å². The molecule has 5 nitrogen and oxygen atoms in total. The van der Waals surface area contributed by atoms with Crippen LogP contribution in [0.4, 0.5) is 0 Å². The highest BCUT2D eigenvalue weighted by atomic mass is 16.2. The van der Waals surface area contributed by atoms with E-state index in [0.29, 0.717) is 0 Å². The summed E-state index contributed by atoms with van der Waals surface area (Å²) >= 11 is 0. The predicted octanol–water partition coefficient (Wildman–Crippen LogP) is 2.13. The fraction of sp³-hybridized carbons (Fsp3) is 0.444. The van der Waals surface area contributed by atoms with Gasteiger partial charge in [-0.1, -0.05) is 30.3 Å². The van der Waals surface area contributed by atoms with Crippen LogP contribution in [-0.4, -0.2) is 45.1 Å². The van der Waals surface area contributed by atoms with Gasteiger partial charge in [-0.25, -0.2) is 0 Å². The van der Waals surface area contributed by atoms with Crippen LogP contribution in [0.3, 0.4) is 0 Å². The van der Waals surface area contributed by atoms with Gasteiger partial charge in [-0.05, 0) is 12.5 Å². The van der Waals surface area contributed by atoms with Gasteiger partial charge in [0.1, 0.15) is 0 Å². The van der Waals surface area contributed by atoms with Crippen molar-refractivity contribution in [3.63, 3.8) is 0 Å². The summed E-state index contributed by atoms with van der Waals surface area (Å²) in [5, 5.41) is 4.33. The fourth-order valence-corrected chi connectivity index (χ4v) is 3.26. The van der Waals surface area contributed by atoms with Crippen LogP contribution in [0.2, 0.25) is 0 Å². The Labute approximate surface area is 137 Å². The van der Waals surface area contributed by atoms with E-state index >= 15 is 0 Å². The van der Waals surface area contributed by atoms with Crippen LogP contribution in [0.25, 0.3) is 0 Å². The van der Waals surface area contributed by atoms with Gasteiger partial charge in [0, 0.05) is 51.4 Å². The lowest BCUT2D eigenvalue weighted by Gasteiger charge is -2.41. The zero-order chi connectivity index (χ0) is 16.4. The Balaban J connectivity index is 1.78. The molecule has 3 rings (SSSR count). The third-order valence-corrected chi connectivity index (χ3v) is 4.78. The third-order valence-electron chi connectivity index (χ3n) is 4.78. The van der Waals surface area contributed by atoms with Crippen LogP contribution < -0.4 is 0 Å². The fourth-order valence-electron chi connectivity index (χ4n) is 3.26. The van der Waals surface area contributed by atoms with Gasteiger partial charge >= 0.3 is 0 Å². The lowest BCUT2D eigenvalue weighted by atomic mass is 10.0. The number of nitrogens with zero attached hydrogens (tertiary/aromatic N) is 4. The molecule has 0 N–H and O–H groups in total. The van der Waals surface area contributed by atoms with Gasteiger partial charge in [-0.3, -0.25) is 14.4 Å². The first-order valence-corrected chi connectivity index (χ1v) is 8.08. The molecule has 0 aliphatic carbocycles. The van der Waals surface area contributed by atoms with Crippen molar-refractivity contribution in [2.45, 2.75) is 26.4 Å². The van der Waals surface area contributed by atoms with Crippen molar-refractivity contribution in [2.24, 2.45) is 7.05 Å². The van der Waals surface area contributed by atoms with E-state index in [1.807, 2.05) is 41.0 Å². The average Bonchev–Trinajstić information content (AvgIpc) is 2.87. The van der Waals surface area contributed by atoms with Gasteiger partial charge < -0.3 is 4.90 Å². The molecule has 1 atom stereocenters. The zero-order valence-corrected chi connectivity index (χ0v) is 14.1. The van der Waals surface area contributed by atoms with Crippen LogP contribution in [-0.2, 0) is 18.4 Å². The number of carbonyl (C=O) groups excluding carboxylic acids is 1. The molecule has 0 bridgehead atoms. The standard InChI is InChI=1S/C18H24N4O/c1-14-17(11-19-20(14)3)12-21-9-10-22(15(2)23)18(13-21)16-7-5-4-6-8-16/h4-8,11,18H,9-10,12-13H2,1-3H3/t18-/m0/s1. The van der Waals surface area contributed by atoms with E-state index in [0.717, 1.165) is 26.2 Å². The molecular weight excluding hydrogens is 288 g/mol. The molecule has 1 aliphatic heterocycles. The maximum atomic E-state index is 12.0. The molecule has 1 aromatic carbocycles. The van der Waals surface area contributed by atoms with Gasteiger partial charge in [0.05, 0.1) is 12.2 Å². The van der Waals surface area contributed by atoms with E-state index in [9.17, 15) is 4.79 Å². The van der Waals surface area contributed by atoms with Crippen molar-refractivity contribution >= 4 is 5.91 Å². The number of carbonyl (C=O) groups is 1. The minimum absolute atomic E-state index is 0.124. The number of amides is 1. The molecule has 0 saturated carbocycles. The van der Waals surface area contributed by atoms with E-state index in [4.69, 9.17) is 0 Å². The summed E-state index contributed by atoms with van der Waals surface area (Å²) in [4.78, 5) is 16.4. The summed E-state index contributed by atoms with van der Waals surface area (Å²) in [6.07, 6.45) is 1.95. The molecule has 23 heavy (non-hydrogen) atoms. The number of benzene rings is 1. The van der Waals surface area contributed by atoms with Crippen LogP contribution in [0.5, 0.6) is 0 Å². The summed E-state index contributed by atoms with van der Waals surface area (Å²) in [7, 11) is 1.97. The Morgan fingerprint density at radius 3 is 2.61 bits per heavy atom. The van der Waals surface area contributed by atoms with Crippen molar-refractivity contribution in [3.05, 3.63) is 53.3 Å². The first kappa shape index (κ1) is 15.7. The summed E-state index contributed by atoms with van der Waals surface area (Å²) in [5.74, 6) is 0.149. The molecule has 1 fully saturated rings. The molecule has 1 aliphatic rings. The lowest BCUT2D eigenvalue weighted by molar-refractivity contribution is -0.134. The van der Waals surface area contributed by atoms with E-state index in [1.165, 1.54) is 16.8 Å². The predicted molar refractivity (Wildman–Crippen MR) is 89.8 cm³/mol. The number of hydrogen-bond acceptors (Lipinski definition) is 3. The largest absolute Gasteiger partial charge is 0.333 e. The Morgan fingerprint density at radius 2 is 2.00 bits per heavy atom. The van der Waals surface area contributed by atoms with Gasteiger partial charge in [0.15, 0.2) is 0 Å². The first-order valence-electron chi connectivity index (χ1n) is 8.08. The highest BCUT2D eigenvalue weighted by molar-refractivity contribution is 5.74. The number of aryl methyl sites for hydroxylation is 1. The SMILES string of the molecule is CC(=O)N1CCN(Cc2cnn(C)c2C)C[C@H]1c1ccccc1. The number of aromatic nitrogens is 2. The van der Waals surface area contributed by atoms with Crippen LogP contribution >= 0.6 is 0 Å². The molecule has 122 valence electrons. The normalized spacial score (nSPS) is 19.1. The second-order valence-electron chi connectivity index (χ2n) is 6.25. The molecule has 1 aromatic heterocycles. The quantitative estimate of drug-likeness (QED) is 0.872. The molecular formula is C18H24N4O. The zero-order valence-electron chi connectivity index (χ0n) is 14.1. The number of hydrogen-bond donors (Lipinski definition) is 0. The van der Waals surface area contributed by atoms with Crippen molar-refractivity contribution in [2.75, 3.05) is 19.6 Å². The van der Waals surface area contributed by atoms with Crippen molar-refractivity contribution in [1.29, 1.82) is 0 Å². The number of rotatable bonds is 3. The molecule has 5 heteroatoms. The Bertz CT molecular complexity index is 680. The molecule has 2 aromatic rings. The highest BCUT2D eigenvalue weighted by Gasteiger charge is 2.30. The van der Waals surface area contributed by atoms with Crippen molar-refractivity contribution in [3.8, 4) is 0 Å². The first-order chi connectivity index (χ1) is 11.1. The van der Waals surface area contributed by atoms with E-state index in [-0.39, 0.29) is 11.9 Å². The number of piperazine rings is 1. The minimum Gasteiger partial charge on any atom is -0.333 e. The van der Waals surface area contributed by atoms with Gasteiger partial charge in [0.2, 0.25) is 5.91 Å². The smallest absolute Gasteiger partial charge is 0.220 e. The third kappa shape index (κ3) is 3.29. The van der Waals surface area contributed by atoms with Gasteiger partial charge in [0.25, 0.3) is 0 Å². The monoisotopic (exact) mass is 312 g/mol. The highest BCUT2D eigenvalue weighted by Crippen LogP contribution is 2.26. The molecule has 0 unspecified atom stereocenters. The van der Waals surface area contributed by atoms with Crippen molar-refractivity contribution < 1.29 is 4.79 Å². The van der Waals surface area contributed by atoms with Crippen LogP contribution in [0.15, 0.2) is 36.5 Å². The maximum Gasteiger partial charge on any atom is 0.220 e.